The van der Waals surface area contributed by atoms with Crippen molar-refractivity contribution in [3.05, 3.63) is 42.9 Å². The maximum absolute atomic E-state index is 13.0. The summed E-state index contributed by atoms with van der Waals surface area (Å²) in [4.78, 5) is 3.79. The van der Waals surface area contributed by atoms with E-state index >= 15 is 0 Å². The van der Waals surface area contributed by atoms with Crippen LogP contribution in [-0.2, 0) is 0 Å². The van der Waals surface area contributed by atoms with E-state index in [1.54, 1.807) is 12.1 Å². The molecule has 0 fully saturated rings. The van der Waals surface area contributed by atoms with Gasteiger partial charge in [-0.3, -0.25) is 0 Å². The lowest BCUT2D eigenvalue weighted by Gasteiger charge is -1.97. The lowest BCUT2D eigenvalue weighted by atomic mass is 10.1. The standard InChI is InChI=1S/C9H6FN2O/c1-6-2-3-7(4-8(6)10)9-11-5-13-12-9/h2-5H,1H2. The quantitative estimate of drug-likeness (QED) is 0.669. The lowest BCUT2D eigenvalue weighted by molar-refractivity contribution is 0.418. The zero-order chi connectivity index (χ0) is 9.26. The molecule has 0 atom stereocenters. The predicted molar refractivity (Wildman–Crippen MR) is 44.2 cm³/mol. The van der Waals surface area contributed by atoms with Crippen LogP contribution in [0.2, 0.25) is 0 Å². The van der Waals surface area contributed by atoms with Crippen LogP contribution in [0.25, 0.3) is 11.4 Å². The van der Waals surface area contributed by atoms with E-state index in [1.165, 1.54) is 12.5 Å². The lowest BCUT2D eigenvalue weighted by Crippen LogP contribution is -1.85. The van der Waals surface area contributed by atoms with E-state index in [0.29, 0.717) is 17.0 Å². The first-order chi connectivity index (χ1) is 6.27. The highest BCUT2D eigenvalue weighted by Crippen LogP contribution is 2.17. The average molecular weight is 177 g/mol. The fourth-order valence-corrected chi connectivity index (χ4v) is 0.984. The molecular formula is C9H6FN2O. The van der Waals surface area contributed by atoms with Gasteiger partial charge < -0.3 is 4.52 Å². The summed E-state index contributed by atoms with van der Waals surface area (Å²) < 4.78 is 17.6. The van der Waals surface area contributed by atoms with Crippen molar-refractivity contribution in [2.75, 3.05) is 0 Å². The van der Waals surface area contributed by atoms with Crippen molar-refractivity contribution in [1.29, 1.82) is 0 Å². The maximum atomic E-state index is 13.0. The summed E-state index contributed by atoms with van der Waals surface area (Å²) in [7, 11) is 0. The normalized spacial score (nSPS) is 10.3. The van der Waals surface area contributed by atoms with Gasteiger partial charge in [0.2, 0.25) is 12.2 Å². The van der Waals surface area contributed by atoms with Crippen molar-refractivity contribution in [3.8, 4) is 11.4 Å². The fourth-order valence-electron chi connectivity index (χ4n) is 0.984. The van der Waals surface area contributed by atoms with E-state index in [1.807, 2.05) is 0 Å². The molecule has 0 saturated heterocycles. The highest BCUT2D eigenvalue weighted by atomic mass is 19.1. The second kappa shape index (κ2) is 2.97. The Kier molecular flexibility index (Phi) is 1.81. The van der Waals surface area contributed by atoms with Gasteiger partial charge in [0.15, 0.2) is 0 Å². The Labute approximate surface area is 74.2 Å². The Balaban J connectivity index is 2.49. The molecule has 0 spiro atoms. The predicted octanol–water partition coefficient (Wildman–Crippen LogP) is 2.06. The van der Waals surface area contributed by atoms with Crippen molar-refractivity contribution < 1.29 is 8.91 Å². The van der Waals surface area contributed by atoms with E-state index in [4.69, 9.17) is 0 Å². The molecule has 2 aromatic rings. The molecule has 65 valence electrons. The smallest absolute Gasteiger partial charge is 0.214 e. The number of nitrogens with zero attached hydrogens (tertiary/aromatic N) is 2. The highest BCUT2D eigenvalue weighted by molar-refractivity contribution is 5.54. The summed E-state index contributed by atoms with van der Waals surface area (Å²) in [6.45, 7) is 3.50. The van der Waals surface area contributed by atoms with Crippen molar-refractivity contribution in [3.63, 3.8) is 0 Å². The number of halogens is 1. The van der Waals surface area contributed by atoms with Crippen LogP contribution in [-0.4, -0.2) is 10.1 Å². The highest BCUT2D eigenvalue weighted by Gasteiger charge is 2.05. The van der Waals surface area contributed by atoms with Gasteiger partial charge in [0.1, 0.15) is 5.82 Å². The zero-order valence-corrected chi connectivity index (χ0v) is 6.70. The molecule has 1 aromatic heterocycles. The van der Waals surface area contributed by atoms with E-state index in [0.717, 1.165) is 0 Å². The molecule has 0 unspecified atom stereocenters. The number of hydrogen-bond donors (Lipinski definition) is 0. The first-order valence-corrected chi connectivity index (χ1v) is 3.65. The molecule has 2 rings (SSSR count). The van der Waals surface area contributed by atoms with Gasteiger partial charge in [0.25, 0.3) is 0 Å². The van der Waals surface area contributed by atoms with Crippen LogP contribution >= 0.6 is 0 Å². The average Bonchev–Trinajstić information content (AvgIpc) is 2.62. The summed E-state index contributed by atoms with van der Waals surface area (Å²) in [5.74, 6) is 0.00111. The summed E-state index contributed by atoms with van der Waals surface area (Å²) in [5, 5.41) is 3.58. The molecule has 0 saturated carbocycles. The second-order valence-electron chi connectivity index (χ2n) is 2.56. The molecule has 1 radical (unpaired) electrons. The molecule has 1 heterocycles. The van der Waals surface area contributed by atoms with Crippen molar-refractivity contribution in [2.45, 2.75) is 0 Å². The third-order valence-corrected chi connectivity index (χ3v) is 1.67. The van der Waals surface area contributed by atoms with Gasteiger partial charge in [-0.15, -0.1) is 0 Å². The largest absolute Gasteiger partial charge is 0.342 e. The van der Waals surface area contributed by atoms with Crippen LogP contribution in [0.15, 0.2) is 29.1 Å². The van der Waals surface area contributed by atoms with Crippen LogP contribution in [0.4, 0.5) is 4.39 Å². The summed E-state index contributed by atoms with van der Waals surface area (Å²) >= 11 is 0. The minimum Gasteiger partial charge on any atom is -0.342 e. The van der Waals surface area contributed by atoms with Gasteiger partial charge in [0.05, 0.1) is 0 Å². The molecule has 0 aliphatic carbocycles. The van der Waals surface area contributed by atoms with Crippen LogP contribution in [0.1, 0.15) is 5.56 Å². The summed E-state index contributed by atoms with van der Waals surface area (Å²) in [5.41, 5.74) is 0.936. The SMILES string of the molecule is [CH2]c1ccc(-c2ncon2)cc1F. The van der Waals surface area contributed by atoms with Gasteiger partial charge in [-0.05, 0) is 18.6 Å². The van der Waals surface area contributed by atoms with Crippen molar-refractivity contribution in [1.82, 2.24) is 10.1 Å². The Morgan fingerprint density at radius 1 is 1.38 bits per heavy atom. The van der Waals surface area contributed by atoms with Gasteiger partial charge in [0, 0.05) is 5.56 Å². The summed E-state index contributed by atoms with van der Waals surface area (Å²) in [6, 6.07) is 4.59. The Bertz CT molecular complexity index is 412. The monoisotopic (exact) mass is 177 g/mol. The molecular weight excluding hydrogens is 171 g/mol. The van der Waals surface area contributed by atoms with Crippen LogP contribution in [0.5, 0.6) is 0 Å². The first kappa shape index (κ1) is 7.91. The fraction of sp³-hybridized carbons (Fsp3) is 0. The Morgan fingerprint density at radius 3 is 2.85 bits per heavy atom. The first-order valence-electron chi connectivity index (χ1n) is 3.65. The molecule has 0 amide bonds. The van der Waals surface area contributed by atoms with E-state index < -0.39 is 0 Å². The minimum atomic E-state index is -0.373. The van der Waals surface area contributed by atoms with Gasteiger partial charge in [-0.2, -0.15) is 4.98 Å². The van der Waals surface area contributed by atoms with Gasteiger partial charge in [-0.1, -0.05) is 17.3 Å². The van der Waals surface area contributed by atoms with Crippen molar-refractivity contribution >= 4 is 0 Å². The maximum Gasteiger partial charge on any atom is 0.214 e. The molecule has 0 bridgehead atoms. The van der Waals surface area contributed by atoms with Gasteiger partial charge >= 0.3 is 0 Å². The van der Waals surface area contributed by atoms with Crippen LogP contribution in [0.3, 0.4) is 0 Å². The van der Waals surface area contributed by atoms with E-state index in [-0.39, 0.29) is 5.82 Å². The molecule has 0 aliphatic rings. The zero-order valence-electron chi connectivity index (χ0n) is 6.70. The third kappa shape index (κ3) is 1.42. The molecule has 3 nitrogen and oxygen atoms in total. The number of hydrogen-bond acceptors (Lipinski definition) is 3. The Morgan fingerprint density at radius 2 is 2.23 bits per heavy atom. The van der Waals surface area contributed by atoms with E-state index in [9.17, 15) is 4.39 Å². The number of benzene rings is 1. The van der Waals surface area contributed by atoms with Crippen molar-refractivity contribution in [2.24, 2.45) is 0 Å². The topological polar surface area (TPSA) is 38.9 Å². The molecule has 4 heteroatoms. The molecule has 0 N–H and O–H groups in total. The minimum absolute atomic E-state index is 0.354. The third-order valence-electron chi connectivity index (χ3n) is 1.67. The summed E-state index contributed by atoms with van der Waals surface area (Å²) in [6.07, 6.45) is 1.20. The molecule has 0 aliphatic heterocycles. The molecule has 13 heavy (non-hydrogen) atoms. The van der Waals surface area contributed by atoms with E-state index in [2.05, 4.69) is 21.6 Å². The van der Waals surface area contributed by atoms with Crippen LogP contribution in [0, 0.1) is 12.7 Å². The number of aromatic nitrogens is 2. The number of rotatable bonds is 1. The Hall–Kier alpha value is -1.71. The van der Waals surface area contributed by atoms with Crippen LogP contribution < -0.4 is 0 Å². The van der Waals surface area contributed by atoms with Gasteiger partial charge in [-0.25, -0.2) is 4.39 Å². The second-order valence-corrected chi connectivity index (χ2v) is 2.56. The molecule has 1 aromatic carbocycles.